The molecule has 0 spiro atoms. The van der Waals surface area contributed by atoms with Crippen molar-refractivity contribution >= 4 is 21.8 Å². The van der Waals surface area contributed by atoms with Crippen molar-refractivity contribution < 1.29 is 4.74 Å². The summed E-state index contributed by atoms with van der Waals surface area (Å²) in [5.74, 6) is 1.07. The van der Waals surface area contributed by atoms with Crippen molar-refractivity contribution in [3.63, 3.8) is 0 Å². The van der Waals surface area contributed by atoms with Crippen LogP contribution in [0.1, 0.15) is 5.56 Å². The summed E-state index contributed by atoms with van der Waals surface area (Å²) in [6.45, 7) is 0. The summed E-state index contributed by atoms with van der Waals surface area (Å²) in [5.41, 5.74) is 5.99. The maximum atomic E-state index is 7.45. The first-order chi connectivity index (χ1) is 8.18. The summed E-state index contributed by atoms with van der Waals surface area (Å²) < 4.78 is 6.50. The first-order valence-electron chi connectivity index (χ1n) is 4.89. The van der Waals surface area contributed by atoms with Gasteiger partial charge >= 0.3 is 0 Å². The molecule has 17 heavy (non-hydrogen) atoms. The van der Waals surface area contributed by atoms with Gasteiger partial charge in [-0.25, -0.2) is 0 Å². The summed E-state index contributed by atoms with van der Waals surface area (Å²) >= 11 is 3.39. The molecular formula is C12H10BrN3O. The summed E-state index contributed by atoms with van der Waals surface area (Å²) in [6.07, 6.45) is 3.11. The molecule has 0 amide bonds. The van der Waals surface area contributed by atoms with Crippen LogP contribution < -0.4 is 10.5 Å². The Morgan fingerprint density at radius 3 is 2.71 bits per heavy atom. The van der Waals surface area contributed by atoms with Gasteiger partial charge in [0, 0.05) is 6.20 Å². The van der Waals surface area contributed by atoms with Crippen molar-refractivity contribution in [1.82, 2.24) is 4.98 Å². The predicted octanol–water partition coefficient (Wildman–Crippen LogP) is 2.92. The van der Waals surface area contributed by atoms with E-state index in [9.17, 15) is 0 Å². The van der Waals surface area contributed by atoms with E-state index in [0.717, 1.165) is 4.47 Å². The molecule has 0 radical (unpaired) electrons. The highest BCUT2D eigenvalue weighted by atomic mass is 79.9. The van der Waals surface area contributed by atoms with Gasteiger partial charge in [0.05, 0.1) is 16.2 Å². The minimum atomic E-state index is -0.0468. The average molecular weight is 292 g/mol. The van der Waals surface area contributed by atoms with Gasteiger partial charge in [-0.2, -0.15) is 0 Å². The van der Waals surface area contributed by atoms with Gasteiger partial charge < -0.3 is 10.5 Å². The Balaban J connectivity index is 2.37. The Hall–Kier alpha value is -1.88. The van der Waals surface area contributed by atoms with Gasteiger partial charge in [0.1, 0.15) is 11.6 Å². The first-order valence-corrected chi connectivity index (χ1v) is 5.68. The lowest BCUT2D eigenvalue weighted by atomic mass is 10.2. The van der Waals surface area contributed by atoms with Crippen molar-refractivity contribution in [2.24, 2.45) is 5.73 Å². The van der Waals surface area contributed by atoms with Crippen LogP contribution >= 0.6 is 15.9 Å². The molecule has 0 aliphatic carbocycles. The number of rotatable bonds is 3. The zero-order valence-electron chi connectivity index (χ0n) is 8.85. The van der Waals surface area contributed by atoms with E-state index < -0.39 is 0 Å². The van der Waals surface area contributed by atoms with E-state index in [2.05, 4.69) is 20.9 Å². The van der Waals surface area contributed by atoms with Gasteiger partial charge in [0.2, 0.25) is 0 Å². The second kappa shape index (κ2) is 4.97. The molecular weight excluding hydrogens is 282 g/mol. The summed E-state index contributed by atoms with van der Waals surface area (Å²) in [7, 11) is 0. The zero-order valence-corrected chi connectivity index (χ0v) is 10.4. The molecule has 0 unspecified atom stereocenters. The highest BCUT2D eigenvalue weighted by Crippen LogP contribution is 2.30. The quantitative estimate of drug-likeness (QED) is 0.675. The molecule has 1 aromatic carbocycles. The normalized spacial score (nSPS) is 9.94. The molecule has 5 heteroatoms. The topological polar surface area (TPSA) is 72.0 Å². The molecule has 1 heterocycles. The second-order valence-electron chi connectivity index (χ2n) is 3.32. The Labute approximate surface area is 107 Å². The maximum Gasteiger partial charge on any atom is 0.156 e. The SMILES string of the molecule is N=C(N)c1ccncc1Oc1ccccc1Br. The third-order valence-electron chi connectivity index (χ3n) is 2.13. The standard InChI is InChI=1S/C12H10BrN3O/c13-9-3-1-2-4-10(9)17-11-7-16-6-5-8(11)12(14)15/h1-7H,(H3,14,15). The van der Waals surface area contributed by atoms with Gasteiger partial charge in [-0.15, -0.1) is 0 Å². The predicted molar refractivity (Wildman–Crippen MR) is 69.5 cm³/mol. The number of nitrogens with zero attached hydrogens (tertiary/aromatic N) is 1. The van der Waals surface area contributed by atoms with Crippen molar-refractivity contribution in [3.8, 4) is 11.5 Å². The molecule has 2 aromatic rings. The number of ether oxygens (including phenoxy) is 1. The van der Waals surface area contributed by atoms with E-state index in [1.54, 1.807) is 12.3 Å². The number of benzene rings is 1. The molecule has 0 aliphatic rings. The second-order valence-corrected chi connectivity index (χ2v) is 4.17. The van der Waals surface area contributed by atoms with Crippen LogP contribution in [0.25, 0.3) is 0 Å². The van der Waals surface area contributed by atoms with E-state index >= 15 is 0 Å². The minimum Gasteiger partial charge on any atom is -0.454 e. The van der Waals surface area contributed by atoms with Gasteiger partial charge in [-0.3, -0.25) is 10.4 Å². The van der Waals surface area contributed by atoms with Gasteiger partial charge in [-0.05, 0) is 34.1 Å². The van der Waals surface area contributed by atoms with Crippen LogP contribution in [-0.4, -0.2) is 10.8 Å². The number of hydrogen-bond donors (Lipinski definition) is 2. The molecule has 0 atom stereocenters. The van der Waals surface area contributed by atoms with E-state index in [1.807, 2.05) is 24.3 Å². The Morgan fingerprint density at radius 1 is 1.24 bits per heavy atom. The fourth-order valence-corrected chi connectivity index (χ4v) is 1.70. The Morgan fingerprint density at radius 2 is 2.00 bits per heavy atom. The molecule has 0 aliphatic heterocycles. The largest absolute Gasteiger partial charge is 0.454 e. The molecule has 0 saturated heterocycles. The van der Waals surface area contributed by atoms with Crippen molar-refractivity contribution in [1.29, 1.82) is 5.41 Å². The molecule has 0 bridgehead atoms. The van der Waals surface area contributed by atoms with Crippen LogP contribution in [0.3, 0.4) is 0 Å². The Kier molecular flexibility index (Phi) is 3.39. The third-order valence-corrected chi connectivity index (χ3v) is 2.79. The number of hydrogen-bond acceptors (Lipinski definition) is 3. The highest BCUT2D eigenvalue weighted by Gasteiger charge is 2.08. The molecule has 3 N–H and O–H groups in total. The van der Waals surface area contributed by atoms with E-state index in [-0.39, 0.29) is 5.84 Å². The van der Waals surface area contributed by atoms with E-state index in [4.69, 9.17) is 15.9 Å². The Bertz CT molecular complexity index is 557. The number of para-hydroxylation sites is 1. The van der Waals surface area contributed by atoms with Crippen LogP contribution in [0.4, 0.5) is 0 Å². The van der Waals surface area contributed by atoms with Crippen LogP contribution in [0.5, 0.6) is 11.5 Å². The number of nitrogens with one attached hydrogen (secondary N) is 1. The van der Waals surface area contributed by atoms with Crippen LogP contribution in [0.15, 0.2) is 47.2 Å². The van der Waals surface area contributed by atoms with E-state index in [1.165, 1.54) is 6.20 Å². The summed E-state index contributed by atoms with van der Waals surface area (Å²) in [6, 6.07) is 9.10. The molecule has 0 saturated carbocycles. The minimum absolute atomic E-state index is 0.0468. The lowest BCUT2D eigenvalue weighted by Gasteiger charge is -2.10. The molecule has 4 nitrogen and oxygen atoms in total. The van der Waals surface area contributed by atoms with Gasteiger partial charge in [0.25, 0.3) is 0 Å². The third kappa shape index (κ3) is 2.62. The average Bonchev–Trinajstić information content (AvgIpc) is 2.32. The number of nitrogens with two attached hydrogens (primary N) is 1. The van der Waals surface area contributed by atoms with Crippen LogP contribution in [0, 0.1) is 5.41 Å². The van der Waals surface area contributed by atoms with Gasteiger partial charge in [0.15, 0.2) is 5.75 Å². The molecule has 1 aromatic heterocycles. The number of aromatic nitrogens is 1. The monoisotopic (exact) mass is 291 g/mol. The lowest BCUT2D eigenvalue weighted by molar-refractivity contribution is 0.476. The van der Waals surface area contributed by atoms with Gasteiger partial charge in [-0.1, -0.05) is 12.1 Å². The molecule has 0 fully saturated rings. The number of amidine groups is 1. The van der Waals surface area contributed by atoms with Crippen LogP contribution in [-0.2, 0) is 0 Å². The maximum absolute atomic E-state index is 7.45. The smallest absolute Gasteiger partial charge is 0.156 e. The van der Waals surface area contributed by atoms with Crippen molar-refractivity contribution in [2.45, 2.75) is 0 Å². The summed E-state index contributed by atoms with van der Waals surface area (Å²) in [4.78, 5) is 3.96. The van der Waals surface area contributed by atoms with Crippen LogP contribution in [0.2, 0.25) is 0 Å². The fourth-order valence-electron chi connectivity index (χ4n) is 1.33. The number of halogens is 1. The number of nitrogen functional groups attached to an aromatic ring is 1. The molecule has 86 valence electrons. The summed E-state index contributed by atoms with van der Waals surface area (Å²) in [5, 5.41) is 7.45. The highest BCUT2D eigenvalue weighted by molar-refractivity contribution is 9.10. The lowest BCUT2D eigenvalue weighted by Crippen LogP contribution is -2.12. The molecule has 2 rings (SSSR count). The fraction of sp³-hybridized carbons (Fsp3) is 0. The van der Waals surface area contributed by atoms with Crippen molar-refractivity contribution in [3.05, 3.63) is 52.8 Å². The zero-order chi connectivity index (χ0) is 12.3. The van der Waals surface area contributed by atoms with Crippen molar-refractivity contribution in [2.75, 3.05) is 0 Å². The number of pyridine rings is 1. The van der Waals surface area contributed by atoms with E-state index in [0.29, 0.717) is 17.1 Å². The first kappa shape index (κ1) is 11.6.